The van der Waals surface area contributed by atoms with Crippen molar-refractivity contribution in [2.75, 3.05) is 31.2 Å². The first kappa shape index (κ1) is 26.6. The van der Waals surface area contributed by atoms with Gasteiger partial charge >= 0.3 is 0 Å². The Kier molecular flexibility index (Phi) is 6.56. The summed E-state index contributed by atoms with van der Waals surface area (Å²) in [5, 5.41) is 25.8. The lowest BCUT2D eigenvalue weighted by molar-refractivity contribution is 0.122. The summed E-state index contributed by atoms with van der Waals surface area (Å²) in [6.45, 7) is 8.10. The first-order valence-electron chi connectivity index (χ1n) is 13.4. The van der Waals surface area contributed by atoms with E-state index in [1.807, 2.05) is 32.9 Å². The number of aromatic nitrogens is 4. The minimum Gasteiger partial charge on any atom is -0.392 e. The van der Waals surface area contributed by atoms with Crippen LogP contribution in [0.4, 0.5) is 10.2 Å². The standard InChI is InChI=1S/C31H29FN6O3/c1-31(2,3)21-13-19-16-34-38(30(40)28(19)24(32)14-21)26-6-4-5-25(23(26)18-39)37-17-20(15-33)22-7-8-27(35-29(22)37)36-9-11-41-12-10-36/h4-8,13-14,16-17,39H,9-12,18H2,1-3H3. The van der Waals surface area contributed by atoms with Gasteiger partial charge in [-0.25, -0.2) is 9.37 Å². The zero-order valence-corrected chi connectivity index (χ0v) is 23.1. The zero-order chi connectivity index (χ0) is 28.9. The van der Waals surface area contributed by atoms with Gasteiger partial charge in [0, 0.05) is 35.6 Å². The number of halogens is 1. The van der Waals surface area contributed by atoms with E-state index in [-0.39, 0.29) is 10.8 Å². The van der Waals surface area contributed by atoms with Crippen molar-refractivity contribution in [2.24, 2.45) is 0 Å². The third-order valence-corrected chi connectivity index (χ3v) is 7.57. The number of hydrogen-bond acceptors (Lipinski definition) is 7. The van der Waals surface area contributed by atoms with Crippen LogP contribution in [-0.2, 0) is 16.8 Å². The van der Waals surface area contributed by atoms with E-state index in [0.29, 0.717) is 65.2 Å². The molecular formula is C31H29FN6O3. The fourth-order valence-electron chi connectivity index (χ4n) is 5.32. The highest BCUT2D eigenvalue weighted by Crippen LogP contribution is 2.31. The SMILES string of the molecule is CC(C)(C)c1cc(F)c2c(=O)n(-c3cccc(-n4cc(C#N)c5ccc(N6CCOCC6)nc54)c3CO)ncc2c1. The minimum absolute atomic E-state index is 0.0720. The Labute approximate surface area is 235 Å². The predicted molar refractivity (Wildman–Crippen MR) is 154 cm³/mol. The summed E-state index contributed by atoms with van der Waals surface area (Å²) < 4.78 is 23.6. The molecule has 4 heterocycles. The van der Waals surface area contributed by atoms with E-state index in [2.05, 4.69) is 16.1 Å². The largest absolute Gasteiger partial charge is 0.392 e. The van der Waals surface area contributed by atoms with E-state index < -0.39 is 18.0 Å². The van der Waals surface area contributed by atoms with Crippen LogP contribution >= 0.6 is 0 Å². The maximum absolute atomic E-state index is 15.3. The van der Waals surface area contributed by atoms with Crippen LogP contribution in [0.2, 0.25) is 0 Å². The number of pyridine rings is 1. The Morgan fingerprint density at radius 1 is 1.12 bits per heavy atom. The van der Waals surface area contributed by atoms with Gasteiger partial charge in [0.15, 0.2) is 0 Å². The van der Waals surface area contributed by atoms with E-state index in [9.17, 15) is 15.2 Å². The number of nitriles is 1. The molecule has 9 nitrogen and oxygen atoms in total. The van der Waals surface area contributed by atoms with Crippen LogP contribution in [0.25, 0.3) is 33.2 Å². The van der Waals surface area contributed by atoms with Gasteiger partial charge in [-0.3, -0.25) is 9.36 Å². The molecule has 1 fully saturated rings. The molecule has 10 heteroatoms. The number of fused-ring (bicyclic) bond motifs is 2. The number of aliphatic hydroxyl groups excluding tert-OH is 1. The number of nitrogens with zero attached hydrogens (tertiary/aromatic N) is 6. The van der Waals surface area contributed by atoms with Crippen molar-refractivity contribution in [1.29, 1.82) is 5.26 Å². The number of hydrogen-bond donors (Lipinski definition) is 1. The number of morpholine rings is 1. The first-order chi connectivity index (χ1) is 19.7. The highest BCUT2D eigenvalue weighted by molar-refractivity contribution is 5.87. The van der Waals surface area contributed by atoms with Gasteiger partial charge in [0.2, 0.25) is 0 Å². The third kappa shape index (κ3) is 4.53. The van der Waals surface area contributed by atoms with Crippen molar-refractivity contribution in [1.82, 2.24) is 19.3 Å². The molecular weight excluding hydrogens is 523 g/mol. The zero-order valence-electron chi connectivity index (χ0n) is 23.1. The average Bonchev–Trinajstić information content (AvgIpc) is 3.34. The molecule has 0 bridgehead atoms. The van der Waals surface area contributed by atoms with Crippen LogP contribution in [0.3, 0.4) is 0 Å². The molecule has 0 aliphatic carbocycles. The van der Waals surface area contributed by atoms with Crippen LogP contribution in [0.5, 0.6) is 0 Å². The second-order valence-corrected chi connectivity index (χ2v) is 11.1. The second kappa shape index (κ2) is 10.1. The van der Waals surface area contributed by atoms with Crippen molar-refractivity contribution >= 4 is 27.6 Å². The lowest BCUT2D eigenvalue weighted by Crippen LogP contribution is -2.36. The quantitative estimate of drug-likeness (QED) is 0.353. The molecule has 0 saturated carbocycles. The summed E-state index contributed by atoms with van der Waals surface area (Å²) in [7, 11) is 0. The summed E-state index contributed by atoms with van der Waals surface area (Å²) in [5.41, 5.74) is 2.01. The van der Waals surface area contributed by atoms with Crippen LogP contribution in [-0.4, -0.2) is 50.7 Å². The first-order valence-corrected chi connectivity index (χ1v) is 13.4. The van der Waals surface area contributed by atoms with Crippen LogP contribution < -0.4 is 10.5 Å². The average molecular weight is 553 g/mol. The van der Waals surface area contributed by atoms with E-state index in [4.69, 9.17) is 9.72 Å². The molecule has 5 aromatic rings. The minimum atomic E-state index is -0.630. The van der Waals surface area contributed by atoms with Crippen molar-refractivity contribution in [3.05, 3.63) is 87.7 Å². The van der Waals surface area contributed by atoms with Gasteiger partial charge in [0.1, 0.15) is 23.4 Å². The molecule has 2 aromatic carbocycles. The smallest absolute Gasteiger partial charge is 0.282 e. The lowest BCUT2D eigenvalue weighted by Gasteiger charge is -2.27. The van der Waals surface area contributed by atoms with Crippen molar-refractivity contribution in [3.63, 3.8) is 0 Å². The summed E-state index contributed by atoms with van der Waals surface area (Å²) in [5.74, 6) is 0.133. The molecule has 41 heavy (non-hydrogen) atoms. The Balaban J connectivity index is 1.54. The summed E-state index contributed by atoms with van der Waals surface area (Å²) in [6, 6.07) is 14.3. The molecule has 3 aromatic heterocycles. The highest BCUT2D eigenvalue weighted by Gasteiger charge is 2.22. The van der Waals surface area contributed by atoms with Crippen molar-refractivity contribution < 1.29 is 14.2 Å². The van der Waals surface area contributed by atoms with Crippen LogP contribution in [0.1, 0.15) is 37.5 Å². The van der Waals surface area contributed by atoms with E-state index in [1.165, 1.54) is 12.3 Å². The number of anilines is 1. The molecule has 0 unspecified atom stereocenters. The summed E-state index contributed by atoms with van der Waals surface area (Å²) in [6.07, 6.45) is 3.14. The Morgan fingerprint density at radius 2 is 1.88 bits per heavy atom. The molecule has 1 aliphatic heterocycles. The molecule has 0 atom stereocenters. The molecule has 208 valence electrons. The van der Waals surface area contributed by atoms with Crippen LogP contribution in [0, 0.1) is 17.1 Å². The molecule has 1 aliphatic rings. The van der Waals surface area contributed by atoms with Crippen molar-refractivity contribution in [2.45, 2.75) is 32.8 Å². The predicted octanol–water partition coefficient (Wildman–Crippen LogP) is 4.36. The second-order valence-electron chi connectivity index (χ2n) is 11.1. The highest BCUT2D eigenvalue weighted by atomic mass is 19.1. The number of benzene rings is 2. The molecule has 0 spiro atoms. The monoisotopic (exact) mass is 552 g/mol. The van der Waals surface area contributed by atoms with Gasteiger partial charge in [0.05, 0.1) is 48.3 Å². The molecule has 1 saturated heterocycles. The number of aliphatic hydroxyl groups is 1. The van der Waals surface area contributed by atoms with E-state index in [0.717, 1.165) is 16.1 Å². The van der Waals surface area contributed by atoms with Gasteiger partial charge in [-0.15, -0.1) is 0 Å². The van der Waals surface area contributed by atoms with Gasteiger partial charge in [-0.05, 0) is 47.4 Å². The van der Waals surface area contributed by atoms with Gasteiger partial charge in [-0.1, -0.05) is 26.8 Å². The topological polar surface area (TPSA) is 109 Å². The number of rotatable bonds is 4. The lowest BCUT2D eigenvalue weighted by atomic mass is 9.86. The Bertz CT molecular complexity index is 1910. The molecule has 6 rings (SSSR count). The maximum Gasteiger partial charge on any atom is 0.282 e. The third-order valence-electron chi connectivity index (χ3n) is 7.57. The molecule has 0 radical (unpaired) electrons. The van der Waals surface area contributed by atoms with Crippen molar-refractivity contribution in [3.8, 4) is 17.4 Å². The Morgan fingerprint density at radius 3 is 2.59 bits per heavy atom. The summed E-state index contributed by atoms with van der Waals surface area (Å²) in [4.78, 5) is 20.6. The Hall–Kier alpha value is -4.59. The maximum atomic E-state index is 15.3. The van der Waals surface area contributed by atoms with E-state index >= 15 is 4.39 Å². The molecule has 0 amide bonds. The normalized spacial score (nSPS) is 14.1. The van der Waals surface area contributed by atoms with E-state index in [1.54, 1.807) is 35.0 Å². The van der Waals surface area contributed by atoms with Gasteiger partial charge in [0.25, 0.3) is 5.56 Å². The molecule has 1 N–H and O–H groups in total. The summed E-state index contributed by atoms with van der Waals surface area (Å²) >= 11 is 0. The number of ether oxygens (including phenoxy) is 1. The fraction of sp³-hybridized carbons (Fsp3) is 0.290. The van der Waals surface area contributed by atoms with Gasteiger partial charge < -0.3 is 14.7 Å². The van der Waals surface area contributed by atoms with Gasteiger partial charge in [-0.2, -0.15) is 15.0 Å². The van der Waals surface area contributed by atoms with Crippen LogP contribution in [0.15, 0.2) is 59.7 Å². The fourth-order valence-corrected chi connectivity index (χ4v) is 5.32.